The van der Waals surface area contributed by atoms with E-state index in [4.69, 9.17) is 5.73 Å². The Bertz CT molecular complexity index is 267. The van der Waals surface area contributed by atoms with E-state index in [1.807, 2.05) is 0 Å². The summed E-state index contributed by atoms with van der Waals surface area (Å²) < 4.78 is 1.11. The molecule has 3 nitrogen and oxygen atoms in total. The summed E-state index contributed by atoms with van der Waals surface area (Å²) in [5.41, 5.74) is 6.34. The van der Waals surface area contributed by atoms with Gasteiger partial charge in [-0.25, -0.2) is 0 Å². The zero-order chi connectivity index (χ0) is 13.7. The van der Waals surface area contributed by atoms with E-state index in [1.54, 1.807) is 0 Å². The molecule has 19 heavy (non-hydrogen) atoms. The molecule has 0 spiro atoms. The smallest absolute Gasteiger partial charge is 0.102 e. The molecular formula is C16H33N2O+. The zero-order valence-electron chi connectivity index (χ0n) is 12.7. The molecule has 0 aromatic rings. The molecule has 2 aliphatic rings. The van der Waals surface area contributed by atoms with E-state index in [-0.39, 0.29) is 0 Å². The molecule has 2 rings (SSSR count). The largest absolute Gasteiger partial charge is 0.391 e. The summed E-state index contributed by atoms with van der Waals surface area (Å²) in [7, 11) is 0. The zero-order valence-corrected chi connectivity index (χ0v) is 12.7. The summed E-state index contributed by atoms with van der Waals surface area (Å²) in [5, 5.41) is 9.48. The van der Waals surface area contributed by atoms with Gasteiger partial charge in [-0.3, -0.25) is 0 Å². The Morgan fingerprint density at radius 2 is 2.00 bits per heavy atom. The average Bonchev–Trinajstić information content (AvgIpc) is 2.31. The molecule has 112 valence electrons. The Morgan fingerprint density at radius 1 is 1.21 bits per heavy atom. The predicted octanol–water partition coefficient (Wildman–Crippen LogP) is 2.13. The van der Waals surface area contributed by atoms with Crippen LogP contribution in [0, 0.1) is 11.8 Å². The van der Waals surface area contributed by atoms with Gasteiger partial charge in [0.15, 0.2) is 0 Å². The van der Waals surface area contributed by atoms with Gasteiger partial charge in [0.05, 0.1) is 32.3 Å². The molecule has 1 heterocycles. The fourth-order valence-electron chi connectivity index (χ4n) is 4.26. The molecular weight excluding hydrogens is 236 g/mol. The summed E-state index contributed by atoms with van der Waals surface area (Å²) in [5.74, 6) is 1.69. The summed E-state index contributed by atoms with van der Waals surface area (Å²) in [4.78, 5) is 0. The minimum atomic E-state index is 0.319. The quantitative estimate of drug-likeness (QED) is 0.696. The monoisotopic (exact) mass is 269 g/mol. The molecule has 3 heteroatoms. The van der Waals surface area contributed by atoms with Crippen molar-refractivity contribution in [1.82, 2.24) is 0 Å². The molecule has 1 saturated carbocycles. The first-order chi connectivity index (χ1) is 9.17. The summed E-state index contributed by atoms with van der Waals surface area (Å²) in [6.45, 7) is 7.15. The van der Waals surface area contributed by atoms with E-state index in [2.05, 4.69) is 6.92 Å². The first-order valence-electron chi connectivity index (χ1n) is 8.39. The van der Waals surface area contributed by atoms with Gasteiger partial charge < -0.3 is 15.3 Å². The number of quaternary nitrogens is 1. The summed E-state index contributed by atoms with van der Waals surface area (Å²) >= 11 is 0. The van der Waals surface area contributed by atoms with Gasteiger partial charge in [0.2, 0.25) is 0 Å². The molecule has 3 atom stereocenters. The number of rotatable bonds is 7. The van der Waals surface area contributed by atoms with Crippen LogP contribution in [0.15, 0.2) is 0 Å². The van der Waals surface area contributed by atoms with Gasteiger partial charge in [-0.05, 0) is 25.7 Å². The number of hydrogen-bond acceptors (Lipinski definition) is 2. The number of aliphatic hydroxyl groups is 1. The van der Waals surface area contributed by atoms with Crippen LogP contribution in [0.3, 0.4) is 0 Å². The third kappa shape index (κ3) is 4.17. The maximum atomic E-state index is 9.48. The molecule has 1 saturated heterocycles. The normalized spacial score (nSPS) is 36.2. The number of aliphatic hydroxyl groups excluding tert-OH is 1. The number of nitrogens with zero attached hydrogens (tertiary/aromatic N) is 1. The molecule has 0 amide bonds. The predicted molar refractivity (Wildman–Crippen MR) is 79.8 cm³/mol. The van der Waals surface area contributed by atoms with Crippen molar-refractivity contribution in [2.24, 2.45) is 17.6 Å². The second-order valence-corrected chi connectivity index (χ2v) is 7.14. The van der Waals surface area contributed by atoms with Crippen LogP contribution in [0.25, 0.3) is 0 Å². The van der Waals surface area contributed by atoms with E-state index in [0.717, 1.165) is 29.4 Å². The van der Waals surface area contributed by atoms with Crippen molar-refractivity contribution in [3.05, 3.63) is 0 Å². The maximum Gasteiger partial charge on any atom is 0.102 e. The van der Waals surface area contributed by atoms with Crippen LogP contribution < -0.4 is 5.73 Å². The van der Waals surface area contributed by atoms with Crippen LogP contribution in [0.4, 0.5) is 0 Å². The third-order valence-electron chi connectivity index (χ3n) is 5.31. The van der Waals surface area contributed by atoms with Gasteiger partial charge in [-0.1, -0.05) is 26.2 Å². The molecule has 3 N–H and O–H groups in total. The number of likely N-dealkylation sites (tertiary alicyclic amines) is 1. The van der Waals surface area contributed by atoms with Crippen LogP contribution in [0.5, 0.6) is 0 Å². The van der Waals surface area contributed by atoms with Gasteiger partial charge in [0.1, 0.15) is 6.54 Å². The highest BCUT2D eigenvalue weighted by molar-refractivity contribution is 4.77. The van der Waals surface area contributed by atoms with Crippen LogP contribution >= 0.6 is 0 Å². The first-order valence-corrected chi connectivity index (χ1v) is 8.39. The Balaban J connectivity index is 1.97. The molecule has 3 unspecified atom stereocenters. The molecule has 0 aromatic carbocycles. The van der Waals surface area contributed by atoms with Gasteiger partial charge >= 0.3 is 0 Å². The number of nitrogens with two attached hydrogens (primary N) is 1. The lowest BCUT2D eigenvalue weighted by Gasteiger charge is -2.49. The lowest BCUT2D eigenvalue weighted by atomic mass is 9.82. The maximum absolute atomic E-state index is 9.48. The van der Waals surface area contributed by atoms with Crippen LogP contribution in [0.2, 0.25) is 0 Å². The molecule has 1 aliphatic heterocycles. The lowest BCUT2D eigenvalue weighted by molar-refractivity contribution is -0.940. The molecule has 0 aromatic heterocycles. The van der Waals surface area contributed by atoms with Crippen molar-refractivity contribution in [2.45, 2.75) is 57.9 Å². The number of piperidine rings is 1. The Morgan fingerprint density at radius 3 is 2.58 bits per heavy atom. The van der Waals surface area contributed by atoms with E-state index in [0.29, 0.717) is 12.6 Å². The molecule has 1 aliphatic carbocycles. The fraction of sp³-hybridized carbons (Fsp3) is 1.00. The Kier molecular flexibility index (Phi) is 5.67. The third-order valence-corrected chi connectivity index (χ3v) is 5.31. The van der Waals surface area contributed by atoms with Crippen molar-refractivity contribution >= 4 is 0 Å². The lowest BCUT2D eigenvalue weighted by Crippen LogP contribution is -2.63. The minimum Gasteiger partial charge on any atom is -0.391 e. The second-order valence-electron chi connectivity index (χ2n) is 7.14. The first kappa shape index (κ1) is 15.3. The van der Waals surface area contributed by atoms with Crippen LogP contribution in [0.1, 0.15) is 51.9 Å². The summed E-state index contributed by atoms with van der Waals surface area (Å²) in [6.07, 6.45) is 9.38. The summed E-state index contributed by atoms with van der Waals surface area (Å²) in [6, 6.07) is 0.349. The highest BCUT2D eigenvalue weighted by atomic mass is 16.3. The minimum absolute atomic E-state index is 0.319. The number of unbranched alkanes of at least 4 members (excludes halogenated alkanes) is 1. The topological polar surface area (TPSA) is 46.2 Å². The highest BCUT2D eigenvalue weighted by Crippen LogP contribution is 2.33. The van der Waals surface area contributed by atoms with E-state index in [9.17, 15) is 5.11 Å². The van der Waals surface area contributed by atoms with E-state index in [1.165, 1.54) is 58.0 Å². The SMILES string of the molecule is CCCCC1CC(N)C[N+](CCO)(CC2CCC2)C1. The van der Waals surface area contributed by atoms with Gasteiger partial charge in [-0.2, -0.15) is 0 Å². The van der Waals surface area contributed by atoms with Crippen molar-refractivity contribution in [3.63, 3.8) is 0 Å². The molecule has 2 fully saturated rings. The van der Waals surface area contributed by atoms with Crippen LogP contribution in [-0.4, -0.2) is 48.4 Å². The highest BCUT2D eigenvalue weighted by Gasteiger charge is 2.40. The number of hydrogen-bond donors (Lipinski definition) is 2. The van der Waals surface area contributed by atoms with Gasteiger partial charge in [-0.15, -0.1) is 0 Å². The van der Waals surface area contributed by atoms with Crippen molar-refractivity contribution in [2.75, 3.05) is 32.8 Å². The molecule has 0 radical (unpaired) electrons. The van der Waals surface area contributed by atoms with E-state index >= 15 is 0 Å². The van der Waals surface area contributed by atoms with Crippen molar-refractivity contribution < 1.29 is 9.59 Å². The average molecular weight is 269 g/mol. The van der Waals surface area contributed by atoms with Crippen LogP contribution in [-0.2, 0) is 0 Å². The van der Waals surface area contributed by atoms with Gasteiger partial charge in [0, 0.05) is 11.8 Å². The standard InChI is InChI=1S/C16H33N2O/c1-2-3-5-15-10-16(17)13-18(12-15,8-9-19)11-14-6-4-7-14/h14-16,19H,2-13,17H2,1H3/q+1. The van der Waals surface area contributed by atoms with E-state index < -0.39 is 0 Å². The van der Waals surface area contributed by atoms with Crippen molar-refractivity contribution in [3.8, 4) is 0 Å². The Labute approximate surface area is 118 Å². The molecule has 0 bridgehead atoms. The van der Waals surface area contributed by atoms with Gasteiger partial charge in [0.25, 0.3) is 0 Å². The Hall–Kier alpha value is -0.120. The second kappa shape index (κ2) is 7.05. The van der Waals surface area contributed by atoms with Crippen molar-refractivity contribution in [1.29, 1.82) is 0 Å². The fourth-order valence-corrected chi connectivity index (χ4v) is 4.26.